The Morgan fingerprint density at radius 1 is 1.36 bits per heavy atom. The summed E-state index contributed by atoms with van der Waals surface area (Å²) in [4.78, 5) is 36.0. The molecule has 2 aromatic rings. The predicted octanol–water partition coefficient (Wildman–Crippen LogP) is 2.52. The number of ether oxygens (including phenoxy) is 1. The normalized spacial score (nSPS) is 17.1. The van der Waals surface area contributed by atoms with Crippen LogP contribution in [0.25, 0.3) is 10.2 Å². The van der Waals surface area contributed by atoms with Gasteiger partial charge in [0.25, 0.3) is 0 Å². The van der Waals surface area contributed by atoms with Gasteiger partial charge in [0.1, 0.15) is 21.3 Å². The van der Waals surface area contributed by atoms with Crippen LogP contribution in [0.2, 0.25) is 0 Å². The molecule has 7 nitrogen and oxygen atoms in total. The summed E-state index contributed by atoms with van der Waals surface area (Å²) in [6, 6.07) is 0.147. The molecule has 1 saturated heterocycles. The highest BCUT2D eigenvalue weighted by molar-refractivity contribution is 7.20. The standard InChI is InChI=1S/C17H22N4O3S/c1-5-12(22)21-7-6-11(8-21)20-15-13-9(2)14(17(23)24-4)25-16(13)19-10(3)18-15/h11H,5-8H2,1-4H3,(H,18,19,20). The van der Waals surface area contributed by atoms with Crippen LogP contribution in [-0.2, 0) is 9.53 Å². The summed E-state index contributed by atoms with van der Waals surface area (Å²) in [6.45, 7) is 7.02. The van der Waals surface area contributed by atoms with Gasteiger partial charge >= 0.3 is 5.97 Å². The topological polar surface area (TPSA) is 84.4 Å². The average molecular weight is 362 g/mol. The Morgan fingerprint density at radius 3 is 2.80 bits per heavy atom. The van der Waals surface area contributed by atoms with E-state index < -0.39 is 0 Å². The summed E-state index contributed by atoms with van der Waals surface area (Å²) in [5, 5.41) is 4.31. The van der Waals surface area contributed by atoms with E-state index in [1.54, 1.807) is 0 Å². The van der Waals surface area contributed by atoms with Crippen molar-refractivity contribution in [3.8, 4) is 0 Å². The number of amides is 1. The molecule has 1 atom stereocenters. The number of hydrogen-bond donors (Lipinski definition) is 1. The van der Waals surface area contributed by atoms with Crippen LogP contribution in [0.4, 0.5) is 5.82 Å². The maximum atomic E-state index is 12.0. The van der Waals surface area contributed by atoms with Gasteiger partial charge in [0.15, 0.2) is 0 Å². The third-order valence-corrected chi connectivity index (χ3v) is 5.62. The number of nitrogens with one attached hydrogen (secondary N) is 1. The number of thiophene rings is 1. The molecule has 3 rings (SSSR count). The summed E-state index contributed by atoms with van der Waals surface area (Å²) in [5.74, 6) is 1.19. The second kappa shape index (κ2) is 6.95. The van der Waals surface area contributed by atoms with Gasteiger partial charge in [-0.05, 0) is 25.8 Å². The average Bonchev–Trinajstić information content (AvgIpc) is 3.18. The molecule has 1 fully saturated rings. The number of nitrogens with zero attached hydrogens (tertiary/aromatic N) is 3. The number of carbonyl (C=O) groups excluding carboxylic acids is 2. The number of anilines is 1. The molecular weight excluding hydrogens is 340 g/mol. The van der Waals surface area contributed by atoms with Crippen LogP contribution >= 0.6 is 11.3 Å². The summed E-state index contributed by atoms with van der Waals surface area (Å²) >= 11 is 1.32. The molecule has 3 heterocycles. The number of fused-ring (bicyclic) bond motifs is 1. The lowest BCUT2D eigenvalue weighted by Gasteiger charge is -2.17. The Kier molecular flexibility index (Phi) is 4.89. The Labute approximate surface area is 150 Å². The number of carbonyl (C=O) groups is 2. The first-order chi connectivity index (χ1) is 11.9. The van der Waals surface area contributed by atoms with Gasteiger partial charge in [-0.25, -0.2) is 14.8 Å². The fourth-order valence-electron chi connectivity index (χ4n) is 3.16. The molecule has 1 unspecified atom stereocenters. The lowest BCUT2D eigenvalue weighted by atomic mass is 10.2. The lowest BCUT2D eigenvalue weighted by Crippen LogP contribution is -2.31. The highest BCUT2D eigenvalue weighted by Crippen LogP contribution is 2.35. The zero-order chi connectivity index (χ0) is 18.1. The summed E-state index contributed by atoms with van der Waals surface area (Å²) in [5.41, 5.74) is 0.828. The SMILES string of the molecule is CCC(=O)N1CCC(Nc2nc(C)nc3sc(C(=O)OC)c(C)c23)C1. The smallest absolute Gasteiger partial charge is 0.348 e. The molecule has 0 saturated carbocycles. The molecule has 8 heteroatoms. The molecule has 1 N–H and O–H groups in total. The third kappa shape index (κ3) is 3.30. The van der Waals surface area contributed by atoms with E-state index in [1.165, 1.54) is 18.4 Å². The highest BCUT2D eigenvalue weighted by atomic mass is 32.1. The molecule has 0 spiro atoms. The zero-order valence-corrected chi connectivity index (χ0v) is 15.7. The molecule has 0 bridgehead atoms. The van der Waals surface area contributed by atoms with Crippen molar-refractivity contribution in [2.75, 3.05) is 25.5 Å². The van der Waals surface area contributed by atoms with Crippen LogP contribution in [0.3, 0.4) is 0 Å². The number of likely N-dealkylation sites (tertiary alicyclic amines) is 1. The van der Waals surface area contributed by atoms with E-state index in [1.807, 2.05) is 25.7 Å². The monoisotopic (exact) mass is 362 g/mol. The van der Waals surface area contributed by atoms with E-state index in [0.717, 1.165) is 34.6 Å². The van der Waals surface area contributed by atoms with Gasteiger partial charge in [-0.2, -0.15) is 0 Å². The zero-order valence-electron chi connectivity index (χ0n) is 14.9. The van der Waals surface area contributed by atoms with Gasteiger partial charge in [-0.3, -0.25) is 4.79 Å². The van der Waals surface area contributed by atoms with Crippen LogP contribution in [0.1, 0.15) is 40.8 Å². The maximum absolute atomic E-state index is 12.0. The number of hydrogen-bond acceptors (Lipinski definition) is 7. The van der Waals surface area contributed by atoms with Gasteiger partial charge in [0.05, 0.1) is 12.5 Å². The highest BCUT2D eigenvalue weighted by Gasteiger charge is 2.27. The van der Waals surface area contributed by atoms with Crippen LogP contribution in [-0.4, -0.2) is 53.0 Å². The molecule has 2 aromatic heterocycles. The van der Waals surface area contributed by atoms with Crippen LogP contribution < -0.4 is 5.32 Å². The van der Waals surface area contributed by atoms with Crippen molar-refractivity contribution in [2.24, 2.45) is 0 Å². The van der Waals surface area contributed by atoms with Crippen LogP contribution in [0.5, 0.6) is 0 Å². The number of rotatable bonds is 4. The summed E-state index contributed by atoms with van der Waals surface area (Å²) in [6.07, 6.45) is 1.40. The van der Waals surface area contributed by atoms with E-state index in [0.29, 0.717) is 23.7 Å². The molecule has 0 aliphatic carbocycles. The molecule has 25 heavy (non-hydrogen) atoms. The molecule has 0 aromatic carbocycles. The summed E-state index contributed by atoms with van der Waals surface area (Å²) in [7, 11) is 1.38. The number of aromatic nitrogens is 2. The maximum Gasteiger partial charge on any atom is 0.348 e. The van der Waals surface area contributed by atoms with Crippen molar-refractivity contribution >= 4 is 39.2 Å². The minimum absolute atomic E-state index is 0.147. The van der Waals surface area contributed by atoms with E-state index >= 15 is 0 Å². The fraction of sp³-hybridized carbons (Fsp3) is 0.529. The molecule has 0 radical (unpaired) electrons. The fourth-order valence-corrected chi connectivity index (χ4v) is 4.30. The molecular formula is C17H22N4O3S. The quantitative estimate of drug-likeness (QED) is 0.842. The van der Waals surface area contributed by atoms with Crippen LogP contribution in [0, 0.1) is 13.8 Å². The molecule has 1 amide bonds. The van der Waals surface area contributed by atoms with Gasteiger partial charge in [-0.1, -0.05) is 6.92 Å². The van der Waals surface area contributed by atoms with Gasteiger partial charge < -0.3 is 15.0 Å². The van der Waals surface area contributed by atoms with Crippen LogP contribution in [0.15, 0.2) is 0 Å². The van der Waals surface area contributed by atoms with E-state index in [4.69, 9.17) is 4.74 Å². The molecule has 1 aliphatic rings. The van der Waals surface area contributed by atoms with Gasteiger partial charge in [-0.15, -0.1) is 11.3 Å². The minimum atomic E-state index is -0.357. The number of methoxy groups -OCH3 is 1. The minimum Gasteiger partial charge on any atom is -0.465 e. The Bertz CT molecular complexity index is 833. The predicted molar refractivity (Wildman–Crippen MR) is 97.1 cm³/mol. The second-order valence-corrected chi connectivity index (χ2v) is 7.17. The van der Waals surface area contributed by atoms with E-state index in [9.17, 15) is 9.59 Å². The van der Waals surface area contributed by atoms with E-state index in [-0.39, 0.29) is 17.9 Å². The van der Waals surface area contributed by atoms with Gasteiger partial charge in [0.2, 0.25) is 5.91 Å². The van der Waals surface area contributed by atoms with Crippen molar-refractivity contribution in [1.29, 1.82) is 0 Å². The first-order valence-corrected chi connectivity index (χ1v) is 9.16. The van der Waals surface area contributed by atoms with Gasteiger partial charge in [0, 0.05) is 25.6 Å². The Morgan fingerprint density at radius 2 is 2.12 bits per heavy atom. The third-order valence-electron chi connectivity index (χ3n) is 4.46. The largest absolute Gasteiger partial charge is 0.465 e. The summed E-state index contributed by atoms with van der Waals surface area (Å²) < 4.78 is 4.86. The Balaban J connectivity index is 1.92. The van der Waals surface area contributed by atoms with E-state index in [2.05, 4.69) is 15.3 Å². The molecule has 1 aliphatic heterocycles. The lowest BCUT2D eigenvalue weighted by molar-refractivity contribution is -0.129. The second-order valence-electron chi connectivity index (χ2n) is 6.17. The number of esters is 1. The van der Waals surface area contributed by atoms with Crippen molar-refractivity contribution in [3.05, 3.63) is 16.3 Å². The molecule has 134 valence electrons. The van der Waals surface area contributed by atoms with Crippen molar-refractivity contribution < 1.29 is 14.3 Å². The first kappa shape index (κ1) is 17.6. The van der Waals surface area contributed by atoms with Crippen molar-refractivity contribution in [2.45, 2.75) is 39.7 Å². The Hall–Kier alpha value is -2.22. The van der Waals surface area contributed by atoms with Crippen molar-refractivity contribution in [1.82, 2.24) is 14.9 Å². The van der Waals surface area contributed by atoms with Crippen molar-refractivity contribution in [3.63, 3.8) is 0 Å². The first-order valence-electron chi connectivity index (χ1n) is 8.35. The number of aryl methyl sites for hydroxylation is 2.